The van der Waals surface area contributed by atoms with Crippen molar-refractivity contribution in [2.45, 2.75) is 44.2 Å². The third kappa shape index (κ3) is 3.77. The highest BCUT2D eigenvalue weighted by Gasteiger charge is 2.38. The van der Waals surface area contributed by atoms with E-state index in [0.717, 1.165) is 44.1 Å². The molecule has 0 bridgehead atoms. The molecule has 132 valence electrons. The topological polar surface area (TPSA) is 78.2 Å². The molecule has 3 heterocycles. The number of carbonyl (C=O) groups excluding carboxylic acids is 1. The van der Waals surface area contributed by atoms with E-state index in [1.54, 1.807) is 12.3 Å². The van der Waals surface area contributed by atoms with E-state index >= 15 is 0 Å². The van der Waals surface area contributed by atoms with E-state index in [9.17, 15) is 4.79 Å². The Morgan fingerprint density at radius 2 is 2.08 bits per heavy atom. The van der Waals surface area contributed by atoms with Gasteiger partial charge in [-0.2, -0.15) is 5.26 Å². The lowest BCUT2D eigenvalue weighted by atomic mass is 9.95. The molecule has 6 nitrogen and oxygen atoms in total. The average Bonchev–Trinajstić information content (AvgIpc) is 3.41. The molecule has 1 aromatic rings. The molecule has 1 N–H and O–H groups in total. The summed E-state index contributed by atoms with van der Waals surface area (Å²) >= 11 is 0. The molecule has 0 radical (unpaired) electrons. The van der Waals surface area contributed by atoms with E-state index in [1.807, 2.05) is 6.07 Å². The Morgan fingerprint density at radius 1 is 1.28 bits per heavy atom. The predicted molar refractivity (Wildman–Crippen MR) is 92.9 cm³/mol. The second-order valence-electron chi connectivity index (χ2n) is 7.43. The molecule has 0 aromatic carbocycles. The smallest absolute Gasteiger partial charge is 0.223 e. The second kappa shape index (κ2) is 7.01. The number of rotatable bonds is 4. The average molecular weight is 340 g/mol. The first-order valence-electron chi connectivity index (χ1n) is 9.26. The molecule has 2 atom stereocenters. The second-order valence-corrected chi connectivity index (χ2v) is 7.43. The maximum atomic E-state index is 12.5. The number of piperidine rings is 1. The van der Waals surface area contributed by atoms with Crippen LogP contribution in [0.2, 0.25) is 0 Å². The number of amides is 1. The quantitative estimate of drug-likeness (QED) is 0.905. The number of nitriles is 1. The maximum absolute atomic E-state index is 12.5. The van der Waals surface area contributed by atoms with Crippen LogP contribution in [0.1, 0.15) is 37.7 Å². The van der Waals surface area contributed by atoms with E-state index in [0.29, 0.717) is 18.3 Å². The standard InChI is InChI=1S/C19H24N4O2/c20-10-13-1-4-18(21-11-13)23-7-5-15(6-8-23)19(24)22-16-9-17(25-12-16)14-2-3-14/h1,4,11,14-17H,2-3,5-9,12H2,(H,22,24). The van der Waals surface area contributed by atoms with Gasteiger partial charge in [0.1, 0.15) is 11.9 Å². The number of ether oxygens (including phenoxy) is 1. The first-order valence-corrected chi connectivity index (χ1v) is 9.26. The molecule has 4 rings (SSSR count). The SMILES string of the molecule is N#Cc1ccc(N2CCC(C(=O)NC3COC(C4CC4)C3)CC2)nc1. The number of hydrogen-bond acceptors (Lipinski definition) is 5. The third-order valence-electron chi connectivity index (χ3n) is 5.59. The largest absolute Gasteiger partial charge is 0.376 e. The molecule has 0 spiro atoms. The zero-order valence-corrected chi connectivity index (χ0v) is 14.4. The number of carbonyl (C=O) groups is 1. The zero-order chi connectivity index (χ0) is 17.2. The molecule has 1 aromatic heterocycles. The summed E-state index contributed by atoms with van der Waals surface area (Å²) < 4.78 is 5.82. The first-order chi connectivity index (χ1) is 12.2. The number of pyridine rings is 1. The van der Waals surface area contributed by atoms with Gasteiger partial charge in [-0.05, 0) is 50.2 Å². The van der Waals surface area contributed by atoms with Crippen LogP contribution in [0, 0.1) is 23.2 Å². The van der Waals surface area contributed by atoms with Crippen molar-refractivity contribution in [3.63, 3.8) is 0 Å². The van der Waals surface area contributed by atoms with Crippen molar-refractivity contribution in [2.75, 3.05) is 24.6 Å². The van der Waals surface area contributed by atoms with Gasteiger partial charge in [0.15, 0.2) is 0 Å². The minimum absolute atomic E-state index is 0.0783. The lowest BCUT2D eigenvalue weighted by Crippen LogP contribution is -2.44. The van der Waals surface area contributed by atoms with Crippen LogP contribution in [-0.4, -0.2) is 42.7 Å². The molecular weight excluding hydrogens is 316 g/mol. The van der Waals surface area contributed by atoms with Gasteiger partial charge in [0.25, 0.3) is 0 Å². The van der Waals surface area contributed by atoms with Gasteiger partial charge >= 0.3 is 0 Å². The van der Waals surface area contributed by atoms with Crippen LogP contribution < -0.4 is 10.2 Å². The van der Waals surface area contributed by atoms with Gasteiger partial charge in [-0.1, -0.05) is 0 Å². The highest BCUT2D eigenvalue weighted by atomic mass is 16.5. The molecule has 3 fully saturated rings. The van der Waals surface area contributed by atoms with E-state index in [-0.39, 0.29) is 17.9 Å². The van der Waals surface area contributed by atoms with E-state index in [1.165, 1.54) is 12.8 Å². The molecule has 2 unspecified atom stereocenters. The van der Waals surface area contributed by atoms with E-state index < -0.39 is 0 Å². The summed E-state index contributed by atoms with van der Waals surface area (Å²) in [6.07, 6.45) is 7.20. The summed E-state index contributed by atoms with van der Waals surface area (Å²) in [5, 5.41) is 12.0. The van der Waals surface area contributed by atoms with E-state index in [4.69, 9.17) is 10.00 Å². The Hall–Kier alpha value is -2.13. The highest BCUT2D eigenvalue weighted by molar-refractivity contribution is 5.79. The molecule has 1 aliphatic carbocycles. The molecule has 6 heteroatoms. The van der Waals surface area contributed by atoms with Crippen LogP contribution in [0.4, 0.5) is 5.82 Å². The Labute approximate surface area is 148 Å². The fourth-order valence-electron chi connectivity index (χ4n) is 3.88. The lowest BCUT2D eigenvalue weighted by molar-refractivity contribution is -0.126. The monoisotopic (exact) mass is 340 g/mol. The van der Waals surface area contributed by atoms with Crippen molar-refractivity contribution in [1.29, 1.82) is 5.26 Å². The molecule has 2 saturated heterocycles. The fourth-order valence-corrected chi connectivity index (χ4v) is 3.88. The number of anilines is 1. The third-order valence-corrected chi connectivity index (χ3v) is 5.59. The van der Waals surface area contributed by atoms with Gasteiger partial charge in [0.05, 0.1) is 24.3 Å². The minimum Gasteiger partial charge on any atom is -0.376 e. The van der Waals surface area contributed by atoms with Crippen molar-refractivity contribution in [3.05, 3.63) is 23.9 Å². The fraction of sp³-hybridized carbons (Fsp3) is 0.632. The summed E-state index contributed by atoms with van der Waals surface area (Å²) in [5.74, 6) is 1.88. The number of nitrogens with one attached hydrogen (secondary N) is 1. The zero-order valence-electron chi connectivity index (χ0n) is 14.4. The van der Waals surface area contributed by atoms with Crippen LogP contribution in [0.5, 0.6) is 0 Å². The first kappa shape index (κ1) is 16.3. The van der Waals surface area contributed by atoms with Gasteiger partial charge in [0.2, 0.25) is 5.91 Å². The van der Waals surface area contributed by atoms with Gasteiger partial charge < -0.3 is 15.0 Å². The molecular formula is C19H24N4O2. The molecule has 1 amide bonds. The lowest BCUT2D eigenvalue weighted by Gasteiger charge is -2.32. The summed E-state index contributed by atoms with van der Waals surface area (Å²) in [6, 6.07) is 5.95. The van der Waals surface area contributed by atoms with Crippen LogP contribution in [-0.2, 0) is 9.53 Å². The highest BCUT2D eigenvalue weighted by Crippen LogP contribution is 2.38. The maximum Gasteiger partial charge on any atom is 0.223 e. The van der Waals surface area contributed by atoms with Crippen LogP contribution in [0.25, 0.3) is 0 Å². The Kier molecular flexibility index (Phi) is 4.58. The van der Waals surface area contributed by atoms with Crippen LogP contribution in [0.15, 0.2) is 18.3 Å². The number of hydrogen-bond donors (Lipinski definition) is 1. The van der Waals surface area contributed by atoms with Crippen molar-refractivity contribution in [1.82, 2.24) is 10.3 Å². The predicted octanol–water partition coefficient (Wildman–Crippen LogP) is 1.85. The van der Waals surface area contributed by atoms with E-state index in [2.05, 4.69) is 21.3 Å². The van der Waals surface area contributed by atoms with Crippen molar-refractivity contribution in [2.24, 2.45) is 11.8 Å². The van der Waals surface area contributed by atoms with Crippen molar-refractivity contribution < 1.29 is 9.53 Å². The van der Waals surface area contributed by atoms with Crippen LogP contribution >= 0.6 is 0 Å². The normalized spacial score (nSPS) is 27.1. The summed E-state index contributed by atoms with van der Waals surface area (Å²) in [5.41, 5.74) is 0.571. The summed E-state index contributed by atoms with van der Waals surface area (Å²) in [6.45, 7) is 2.31. The molecule has 25 heavy (non-hydrogen) atoms. The molecule has 3 aliphatic rings. The molecule has 1 saturated carbocycles. The van der Waals surface area contributed by atoms with Gasteiger partial charge in [0, 0.05) is 25.2 Å². The summed E-state index contributed by atoms with van der Waals surface area (Å²) in [7, 11) is 0. The van der Waals surface area contributed by atoms with Crippen molar-refractivity contribution >= 4 is 11.7 Å². The Morgan fingerprint density at radius 3 is 2.72 bits per heavy atom. The van der Waals surface area contributed by atoms with Crippen molar-refractivity contribution in [3.8, 4) is 6.07 Å². The summed E-state index contributed by atoms with van der Waals surface area (Å²) in [4.78, 5) is 19.1. The van der Waals surface area contributed by atoms with Gasteiger partial charge in [-0.25, -0.2) is 4.98 Å². The van der Waals surface area contributed by atoms with Gasteiger partial charge in [-0.15, -0.1) is 0 Å². The van der Waals surface area contributed by atoms with Crippen LogP contribution in [0.3, 0.4) is 0 Å². The Balaban J connectivity index is 1.25. The Bertz CT molecular complexity index is 657. The molecule has 2 aliphatic heterocycles. The van der Waals surface area contributed by atoms with Gasteiger partial charge in [-0.3, -0.25) is 4.79 Å². The minimum atomic E-state index is 0.0783. The number of nitrogens with zero attached hydrogens (tertiary/aromatic N) is 3. The number of aromatic nitrogens is 1.